The fraction of sp³-hybridized carbons (Fsp3) is 0.0909. The Labute approximate surface area is 82.8 Å². The van der Waals surface area contributed by atoms with Crippen LogP contribution in [0.15, 0.2) is 42.5 Å². The molecule has 3 nitrogen and oxygen atoms in total. The van der Waals surface area contributed by atoms with Gasteiger partial charge in [-0.05, 0) is 12.1 Å². The maximum Gasteiger partial charge on any atom is 0.148 e. The highest BCUT2D eigenvalue weighted by atomic mass is 15.2. The van der Waals surface area contributed by atoms with E-state index in [1.165, 1.54) is 0 Å². The zero-order valence-corrected chi connectivity index (χ0v) is 7.94. The van der Waals surface area contributed by atoms with E-state index >= 15 is 0 Å². The van der Waals surface area contributed by atoms with Crippen LogP contribution in [0.3, 0.4) is 0 Å². The van der Waals surface area contributed by atoms with Gasteiger partial charge in [-0.3, -0.25) is 0 Å². The van der Waals surface area contributed by atoms with Gasteiger partial charge in [0, 0.05) is 12.6 Å². The van der Waals surface area contributed by atoms with Crippen molar-refractivity contribution in [2.24, 2.45) is 0 Å². The first-order chi connectivity index (χ1) is 6.90. The molecule has 0 saturated carbocycles. The summed E-state index contributed by atoms with van der Waals surface area (Å²) in [5.41, 5.74) is 1.98. The van der Waals surface area contributed by atoms with Crippen LogP contribution in [-0.2, 0) is 0 Å². The molecule has 2 aromatic rings. The van der Waals surface area contributed by atoms with E-state index in [9.17, 15) is 0 Å². The SMILES string of the molecule is CNc1ccc(-c2ccccc2)nn1. The summed E-state index contributed by atoms with van der Waals surface area (Å²) in [6.07, 6.45) is 0. The average molecular weight is 185 g/mol. The Morgan fingerprint density at radius 3 is 2.29 bits per heavy atom. The van der Waals surface area contributed by atoms with Crippen LogP contribution in [0, 0.1) is 0 Å². The van der Waals surface area contributed by atoms with E-state index < -0.39 is 0 Å². The molecule has 14 heavy (non-hydrogen) atoms. The lowest BCUT2D eigenvalue weighted by Crippen LogP contribution is -1.94. The smallest absolute Gasteiger partial charge is 0.148 e. The van der Waals surface area contributed by atoms with E-state index in [0.717, 1.165) is 17.1 Å². The first-order valence-electron chi connectivity index (χ1n) is 4.47. The molecule has 0 aliphatic carbocycles. The molecule has 0 saturated heterocycles. The second-order valence-electron chi connectivity index (χ2n) is 2.92. The molecular weight excluding hydrogens is 174 g/mol. The zero-order chi connectivity index (χ0) is 9.80. The number of hydrogen-bond donors (Lipinski definition) is 1. The van der Waals surface area contributed by atoms with Crippen LogP contribution in [-0.4, -0.2) is 17.2 Å². The van der Waals surface area contributed by atoms with Crippen molar-refractivity contribution in [3.05, 3.63) is 42.5 Å². The molecule has 1 heterocycles. The van der Waals surface area contributed by atoms with Crippen LogP contribution in [0.2, 0.25) is 0 Å². The highest BCUT2D eigenvalue weighted by Crippen LogP contribution is 2.15. The lowest BCUT2D eigenvalue weighted by atomic mass is 10.1. The van der Waals surface area contributed by atoms with Crippen molar-refractivity contribution < 1.29 is 0 Å². The van der Waals surface area contributed by atoms with Gasteiger partial charge in [0.1, 0.15) is 5.82 Å². The van der Waals surface area contributed by atoms with Crippen LogP contribution >= 0.6 is 0 Å². The molecule has 70 valence electrons. The van der Waals surface area contributed by atoms with Gasteiger partial charge in [-0.25, -0.2) is 0 Å². The molecule has 2 rings (SSSR count). The second kappa shape index (κ2) is 3.87. The van der Waals surface area contributed by atoms with E-state index in [1.807, 2.05) is 49.5 Å². The Morgan fingerprint density at radius 2 is 1.71 bits per heavy atom. The molecule has 0 unspecified atom stereocenters. The van der Waals surface area contributed by atoms with Crippen molar-refractivity contribution in [2.75, 3.05) is 12.4 Å². The van der Waals surface area contributed by atoms with Crippen LogP contribution in [0.4, 0.5) is 5.82 Å². The lowest BCUT2D eigenvalue weighted by Gasteiger charge is -2.00. The van der Waals surface area contributed by atoms with Crippen LogP contribution in [0.5, 0.6) is 0 Å². The molecule has 1 aromatic heterocycles. The number of nitrogens with zero attached hydrogens (tertiary/aromatic N) is 2. The molecule has 0 spiro atoms. The molecule has 0 amide bonds. The van der Waals surface area contributed by atoms with Crippen molar-refractivity contribution in [1.82, 2.24) is 10.2 Å². The molecule has 1 N–H and O–H groups in total. The number of benzene rings is 1. The molecule has 0 aliphatic heterocycles. The zero-order valence-electron chi connectivity index (χ0n) is 7.94. The summed E-state index contributed by atoms with van der Waals surface area (Å²) in [5.74, 6) is 0.782. The van der Waals surface area contributed by atoms with Gasteiger partial charge in [-0.2, -0.15) is 0 Å². The van der Waals surface area contributed by atoms with Crippen LogP contribution < -0.4 is 5.32 Å². The van der Waals surface area contributed by atoms with E-state index in [-0.39, 0.29) is 0 Å². The predicted octanol–water partition coefficient (Wildman–Crippen LogP) is 2.19. The topological polar surface area (TPSA) is 37.8 Å². The van der Waals surface area contributed by atoms with Gasteiger partial charge in [-0.15, -0.1) is 10.2 Å². The van der Waals surface area contributed by atoms with Gasteiger partial charge in [0.2, 0.25) is 0 Å². The Balaban J connectivity index is 2.34. The molecule has 0 bridgehead atoms. The molecule has 1 aromatic carbocycles. The van der Waals surface area contributed by atoms with Crippen molar-refractivity contribution in [1.29, 1.82) is 0 Å². The number of aromatic nitrogens is 2. The normalized spacial score (nSPS) is 9.79. The van der Waals surface area contributed by atoms with Gasteiger partial charge in [0.05, 0.1) is 5.69 Å². The minimum absolute atomic E-state index is 0.782. The monoisotopic (exact) mass is 185 g/mol. The predicted molar refractivity (Wildman–Crippen MR) is 57.0 cm³/mol. The quantitative estimate of drug-likeness (QED) is 0.779. The highest BCUT2D eigenvalue weighted by molar-refractivity contribution is 5.59. The van der Waals surface area contributed by atoms with Crippen molar-refractivity contribution >= 4 is 5.82 Å². The summed E-state index contributed by atoms with van der Waals surface area (Å²) in [7, 11) is 1.83. The van der Waals surface area contributed by atoms with E-state index in [1.54, 1.807) is 0 Å². The minimum atomic E-state index is 0.782. The number of nitrogens with one attached hydrogen (secondary N) is 1. The summed E-state index contributed by atoms with van der Waals surface area (Å²) < 4.78 is 0. The maximum atomic E-state index is 4.11. The summed E-state index contributed by atoms with van der Waals surface area (Å²) in [4.78, 5) is 0. The minimum Gasteiger partial charge on any atom is -0.372 e. The summed E-state index contributed by atoms with van der Waals surface area (Å²) >= 11 is 0. The van der Waals surface area contributed by atoms with E-state index in [2.05, 4.69) is 15.5 Å². The Hall–Kier alpha value is -1.90. The molecule has 0 fully saturated rings. The molecule has 0 radical (unpaired) electrons. The molecule has 0 atom stereocenters. The Bertz CT molecular complexity index is 395. The van der Waals surface area contributed by atoms with Crippen molar-refractivity contribution in [3.8, 4) is 11.3 Å². The van der Waals surface area contributed by atoms with Gasteiger partial charge >= 0.3 is 0 Å². The third kappa shape index (κ3) is 1.71. The maximum absolute atomic E-state index is 4.11. The van der Waals surface area contributed by atoms with Gasteiger partial charge < -0.3 is 5.32 Å². The summed E-state index contributed by atoms with van der Waals surface area (Å²) in [6.45, 7) is 0. The first kappa shape index (κ1) is 8.69. The number of rotatable bonds is 2. The van der Waals surface area contributed by atoms with Crippen LogP contribution in [0.25, 0.3) is 11.3 Å². The number of hydrogen-bond acceptors (Lipinski definition) is 3. The fourth-order valence-corrected chi connectivity index (χ4v) is 1.23. The van der Waals surface area contributed by atoms with Crippen molar-refractivity contribution in [2.45, 2.75) is 0 Å². The molecule has 0 aliphatic rings. The van der Waals surface area contributed by atoms with E-state index in [4.69, 9.17) is 0 Å². The summed E-state index contributed by atoms with van der Waals surface area (Å²) in [5, 5.41) is 11.1. The van der Waals surface area contributed by atoms with E-state index in [0.29, 0.717) is 0 Å². The standard InChI is InChI=1S/C11H11N3/c1-12-11-8-7-10(13-14-11)9-5-3-2-4-6-9/h2-8H,1H3,(H,12,14). The first-order valence-corrected chi connectivity index (χ1v) is 4.47. The molecule has 3 heteroatoms. The fourth-order valence-electron chi connectivity index (χ4n) is 1.23. The van der Waals surface area contributed by atoms with Gasteiger partial charge in [-0.1, -0.05) is 30.3 Å². The van der Waals surface area contributed by atoms with Gasteiger partial charge in [0.15, 0.2) is 0 Å². The highest BCUT2D eigenvalue weighted by Gasteiger charge is 1.98. The Kier molecular flexibility index (Phi) is 2.40. The number of anilines is 1. The third-order valence-electron chi connectivity index (χ3n) is 1.99. The van der Waals surface area contributed by atoms with Gasteiger partial charge in [0.25, 0.3) is 0 Å². The average Bonchev–Trinajstić information content (AvgIpc) is 2.30. The molecular formula is C11H11N3. The lowest BCUT2D eigenvalue weighted by molar-refractivity contribution is 1.04. The largest absolute Gasteiger partial charge is 0.372 e. The Morgan fingerprint density at radius 1 is 0.929 bits per heavy atom. The third-order valence-corrected chi connectivity index (χ3v) is 1.99. The second-order valence-corrected chi connectivity index (χ2v) is 2.92. The summed E-state index contributed by atoms with van der Waals surface area (Å²) in [6, 6.07) is 13.9. The van der Waals surface area contributed by atoms with Crippen LogP contribution in [0.1, 0.15) is 0 Å². The van der Waals surface area contributed by atoms with Crippen molar-refractivity contribution in [3.63, 3.8) is 0 Å².